The molecule has 0 aliphatic heterocycles. The van der Waals surface area contributed by atoms with Gasteiger partial charge in [0.05, 0.1) is 5.39 Å². The van der Waals surface area contributed by atoms with Crippen LogP contribution in [0.1, 0.15) is 42.5 Å². The molecule has 0 atom stereocenters. The minimum absolute atomic E-state index is 0.0377. The van der Waals surface area contributed by atoms with Crippen LogP contribution in [0.2, 0.25) is 0 Å². The third kappa shape index (κ3) is 3.74. The Bertz CT molecular complexity index is 1060. The monoisotopic (exact) mass is 382 g/mol. The molecule has 1 aromatic carbocycles. The predicted octanol–water partition coefficient (Wildman–Crippen LogP) is 5.60. The number of thiophene rings is 1. The second-order valence-corrected chi connectivity index (χ2v) is 8.39. The maximum Gasteiger partial charge on any atom is 0.263 e. The van der Waals surface area contributed by atoms with Gasteiger partial charge in [0.25, 0.3) is 5.56 Å². The van der Waals surface area contributed by atoms with Crippen LogP contribution in [0.25, 0.3) is 10.2 Å². The Morgan fingerprint density at radius 3 is 2.81 bits per heavy atom. The van der Waals surface area contributed by atoms with Crippen LogP contribution in [-0.2, 0) is 13.0 Å². The zero-order valence-electron chi connectivity index (χ0n) is 14.7. The average molecular weight is 383 g/mol. The molecule has 0 radical (unpaired) electrons. The lowest BCUT2D eigenvalue weighted by Gasteiger charge is -2.13. The van der Waals surface area contributed by atoms with Crippen molar-refractivity contribution < 1.29 is 0 Å². The first-order chi connectivity index (χ1) is 12.7. The summed E-state index contributed by atoms with van der Waals surface area (Å²) < 4.78 is 2.26. The molecule has 134 valence electrons. The van der Waals surface area contributed by atoms with E-state index in [1.165, 1.54) is 35.3 Å². The van der Waals surface area contributed by atoms with Crippen molar-refractivity contribution in [2.75, 3.05) is 0 Å². The standard InChI is InChI=1S/C21H22N2OS2/c24-20-18-14-17(13-16-9-5-2-6-10-16)26-19(18)22-21(25)23(20)12-11-15-7-3-1-4-8-15/h2,5-7,9-10,14H,1,3-4,8,11-13H2,(H,22,25). The van der Waals surface area contributed by atoms with Gasteiger partial charge in [-0.2, -0.15) is 0 Å². The molecule has 2 heterocycles. The van der Waals surface area contributed by atoms with Crippen molar-refractivity contribution >= 4 is 33.8 Å². The SMILES string of the molecule is O=c1c2cc(Cc3ccccc3)sc2[nH]c(=S)n1CCC1=CCCCC1. The van der Waals surface area contributed by atoms with Gasteiger partial charge < -0.3 is 4.98 Å². The summed E-state index contributed by atoms with van der Waals surface area (Å²) in [4.78, 5) is 18.3. The van der Waals surface area contributed by atoms with Crippen molar-refractivity contribution in [2.45, 2.75) is 45.1 Å². The Morgan fingerprint density at radius 2 is 2.04 bits per heavy atom. The van der Waals surface area contributed by atoms with Gasteiger partial charge in [-0.25, -0.2) is 0 Å². The lowest BCUT2D eigenvalue weighted by Crippen LogP contribution is -2.22. The molecular formula is C21H22N2OS2. The van der Waals surface area contributed by atoms with E-state index >= 15 is 0 Å². The number of hydrogen-bond donors (Lipinski definition) is 1. The summed E-state index contributed by atoms with van der Waals surface area (Å²) in [7, 11) is 0. The quantitative estimate of drug-likeness (QED) is 0.460. The molecule has 0 fully saturated rings. The van der Waals surface area contributed by atoms with Gasteiger partial charge in [0.15, 0.2) is 4.77 Å². The second kappa shape index (κ2) is 7.72. The lowest BCUT2D eigenvalue weighted by molar-refractivity contribution is 0.606. The zero-order valence-corrected chi connectivity index (χ0v) is 16.3. The fourth-order valence-electron chi connectivity index (χ4n) is 3.57. The van der Waals surface area contributed by atoms with Crippen LogP contribution in [0.5, 0.6) is 0 Å². The molecule has 0 amide bonds. The average Bonchev–Trinajstić information content (AvgIpc) is 3.05. The van der Waals surface area contributed by atoms with Crippen LogP contribution in [0.3, 0.4) is 0 Å². The number of fused-ring (bicyclic) bond motifs is 1. The summed E-state index contributed by atoms with van der Waals surface area (Å²) in [5.74, 6) is 0. The summed E-state index contributed by atoms with van der Waals surface area (Å²) in [6, 6.07) is 12.4. The fourth-order valence-corrected chi connectivity index (χ4v) is 4.99. The molecule has 0 bridgehead atoms. The molecule has 2 aromatic heterocycles. The van der Waals surface area contributed by atoms with E-state index < -0.39 is 0 Å². The van der Waals surface area contributed by atoms with Crippen LogP contribution in [0.4, 0.5) is 0 Å². The Morgan fingerprint density at radius 1 is 1.19 bits per heavy atom. The molecule has 1 aliphatic rings. The first-order valence-electron chi connectivity index (χ1n) is 9.18. The fraction of sp³-hybridized carbons (Fsp3) is 0.333. The summed E-state index contributed by atoms with van der Waals surface area (Å²) in [5.41, 5.74) is 2.76. The Hall–Kier alpha value is -1.98. The van der Waals surface area contributed by atoms with Gasteiger partial charge in [0.2, 0.25) is 0 Å². The van der Waals surface area contributed by atoms with Crippen molar-refractivity contribution in [3.63, 3.8) is 0 Å². The van der Waals surface area contributed by atoms with E-state index in [4.69, 9.17) is 12.2 Å². The Balaban J connectivity index is 1.62. The molecule has 1 N–H and O–H groups in total. The van der Waals surface area contributed by atoms with Crippen molar-refractivity contribution in [3.8, 4) is 0 Å². The van der Waals surface area contributed by atoms with Gasteiger partial charge in [-0.3, -0.25) is 9.36 Å². The highest BCUT2D eigenvalue weighted by molar-refractivity contribution is 7.71. The first kappa shape index (κ1) is 17.4. The van der Waals surface area contributed by atoms with E-state index in [0.717, 1.165) is 29.5 Å². The maximum absolute atomic E-state index is 13.0. The normalized spacial score (nSPS) is 14.5. The zero-order chi connectivity index (χ0) is 17.9. The topological polar surface area (TPSA) is 37.8 Å². The molecule has 0 spiro atoms. The number of H-pyrrole nitrogens is 1. The number of aromatic amines is 1. The van der Waals surface area contributed by atoms with E-state index in [2.05, 4.69) is 23.2 Å². The molecule has 5 heteroatoms. The summed E-state index contributed by atoms with van der Waals surface area (Å²) in [5, 5.41) is 0.757. The highest BCUT2D eigenvalue weighted by Crippen LogP contribution is 2.24. The van der Waals surface area contributed by atoms with E-state index in [0.29, 0.717) is 11.3 Å². The van der Waals surface area contributed by atoms with E-state index in [1.807, 2.05) is 24.3 Å². The van der Waals surface area contributed by atoms with Gasteiger partial charge in [-0.1, -0.05) is 42.0 Å². The van der Waals surface area contributed by atoms with Gasteiger partial charge in [-0.05, 0) is 56.0 Å². The summed E-state index contributed by atoms with van der Waals surface area (Å²) >= 11 is 7.10. The van der Waals surface area contributed by atoms with Gasteiger partial charge in [-0.15, -0.1) is 11.3 Å². The third-order valence-electron chi connectivity index (χ3n) is 4.99. The molecule has 4 rings (SSSR count). The van der Waals surface area contributed by atoms with Crippen molar-refractivity contribution in [2.24, 2.45) is 0 Å². The summed E-state index contributed by atoms with van der Waals surface area (Å²) in [6.45, 7) is 0.666. The minimum atomic E-state index is 0.0377. The third-order valence-corrected chi connectivity index (χ3v) is 6.36. The number of benzene rings is 1. The van der Waals surface area contributed by atoms with Crippen LogP contribution in [-0.4, -0.2) is 9.55 Å². The Kier molecular flexibility index (Phi) is 5.18. The van der Waals surface area contributed by atoms with Crippen molar-refractivity contribution in [3.05, 3.63) is 73.6 Å². The molecule has 0 saturated heterocycles. The highest BCUT2D eigenvalue weighted by atomic mass is 32.1. The largest absolute Gasteiger partial charge is 0.323 e. The number of aromatic nitrogens is 2. The van der Waals surface area contributed by atoms with E-state index in [-0.39, 0.29) is 5.56 Å². The van der Waals surface area contributed by atoms with Crippen molar-refractivity contribution in [1.29, 1.82) is 0 Å². The van der Waals surface area contributed by atoms with Crippen LogP contribution >= 0.6 is 23.6 Å². The van der Waals surface area contributed by atoms with Gasteiger partial charge in [0, 0.05) is 17.8 Å². The first-order valence-corrected chi connectivity index (χ1v) is 10.4. The Labute approximate surface area is 162 Å². The predicted molar refractivity (Wildman–Crippen MR) is 112 cm³/mol. The molecule has 0 saturated carbocycles. The lowest BCUT2D eigenvalue weighted by atomic mass is 9.97. The second-order valence-electron chi connectivity index (χ2n) is 6.86. The number of hydrogen-bond acceptors (Lipinski definition) is 3. The molecule has 26 heavy (non-hydrogen) atoms. The smallest absolute Gasteiger partial charge is 0.263 e. The van der Waals surface area contributed by atoms with Gasteiger partial charge >= 0.3 is 0 Å². The molecule has 3 nitrogen and oxygen atoms in total. The van der Waals surface area contributed by atoms with Crippen LogP contribution in [0, 0.1) is 4.77 Å². The van der Waals surface area contributed by atoms with E-state index in [1.54, 1.807) is 15.9 Å². The number of rotatable bonds is 5. The molecule has 1 aliphatic carbocycles. The molecule has 0 unspecified atom stereocenters. The van der Waals surface area contributed by atoms with Gasteiger partial charge in [0.1, 0.15) is 4.83 Å². The van der Waals surface area contributed by atoms with Crippen LogP contribution in [0.15, 0.2) is 52.8 Å². The number of nitrogens with one attached hydrogen (secondary N) is 1. The maximum atomic E-state index is 13.0. The van der Waals surface area contributed by atoms with Crippen molar-refractivity contribution in [1.82, 2.24) is 9.55 Å². The summed E-state index contributed by atoms with van der Waals surface area (Å²) in [6.07, 6.45) is 8.98. The van der Waals surface area contributed by atoms with E-state index in [9.17, 15) is 4.79 Å². The minimum Gasteiger partial charge on any atom is -0.323 e. The van der Waals surface area contributed by atoms with Crippen LogP contribution < -0.4 is 5.56 Å². The number of allylic oxidation sites excluding steroid dienone is 2. The number of nitrogens with zero attached hydrogens (tertiary/aromatic N) is 1. The molecular weight excluding hydrogens is 360 g/mol. The highest BCUT2D eigenvalue weighted by Gasteiger charge is 2.11. The molecule has 3 aromatic rings.